The predicted octanol–water partition coefficient (Wildman–Crippen LogP) is 1.28. The van der Waals surface area contributed by atoms with Gasteiger partial charge >= 0.3 is 0 Å². The van der Waals surface area contributed by atoms with Gasteiger partial charge in [0.2, 0.25) is 0 Å². The average Bonchev–Trinajstić information content (AvgIpc) is 2.86. The van der Waals surface area contributed by atoms with Crippen LogP contribution in [0.25, 0.3) is 0 Å². The smallest absolute Gasteiger partial charge is 0.0752 e. The predicted molar refractivity (Wildman–Crippen MR) is 60.0 cm³/mol. The minimum Gasteiger partial charge on any atom is -0.396 e. The molecule has 2 heterocycles. The van der Waals surface area contributed by atoms with Gasteiger partial charge in [0.25, 0.3) is 0 Å². The first kappa shape index (κ1) is 10.5. The largest absolute Gasteiger partial charge is 0.396 e. The fourth-order valence-corrected chi connectivity index (χ4v) is 1.99. The van der Waals surface area contributed by atoms with E-state index in [0.717, 1.165) is 19.5 Å². The molecule has 1 aromatic rings. The molecular weight excluding hydrogens is 190 g/mol. The molecule has 1 N–H and O–H groups in total. The Kier molecular flexibility index (Phi) is 2.95. The highest BCUT2D eigenvalue weighted by atomic mass is 16.3. The van der Waals surface area contributed by atoms with E-state index in [0.29, 0.717) is 18.6 Å². The Morgan fingerprint density at radius 2 is 2.40 bits per heavy atom. The highest BCUT2D eigenvalue weighted by Gasteiger charge is 2.22. The zero-order valence-electron chi connectivity index (χ0n) is 9.43. The van der Waals surface area contributed by atoms with Crippen LogP contribution in [0.4, 0.5) is 5.69 Å². The molecule has 1 saturated heterocycles. The molecule has 1 aliphatic rings. The molecule has 1 aliphatic heterocycles. The molecule has 1 unspecified atom stereocenters. The maximum absolute atomic E-state index is 9.08. The van der Waals surface area contributed by atoms with Crippen molar-refractivity contribution in [3.63, 3.8) is 0 Å². The van der Waals surface area contributed by atoms with Crippen LogP contribution in [-0.4, -0.2) is 34.6 Å². The number of anilines is 1. The van der Waals surface area contributed by atoms with Crippen LogP contribution in [0.15, 0.2) is 12.4 Å². The van der Waals surface area contributed by atoms with Crippen LogP contribution in [0.2, 0.25) is 0 Å². The third-order valence-corrected chi connectivity index (χ3v) is 3.03. The van der Waals surface area contributed by atoms with Gasteiger partial charge in [-0.2, -0.15) is 5.10 Å². The van der Waals surface area contributed by atoms with E-state index in [9.17, 15) is 0 Å². The first-order valence-corrected chi connectivity index (χ1v) is 5.60. The molecule has 0 aromatic carbocycles. The molecule has 84 valence electrons. The van der Waals surface area contributed by atoms with Crippen LogP contribution in [0.5, 0.6) is 0 Å². The molecule has 0 bridgehead atoms. The lowest BCUT2D eigenvalue weighted by atomic mass is 10.1. The Morgan fingerprint density at radius 3 is 2.93 bits per heavy atom. The summed E-state index contributed by atoms with van der Waals surface area (Å²) in [7, 11) is 0. The number of hydrogen-bond acceptors (Lipinski definition) is 3. The summed E-state index contributed by atoms with van der Waals surface area (Å²) in [5, 5.41) is 13.4. The normalized spacial score (nSPS) is 21.6. The molecule has 0 aliphatic carbocycles. The first-order chi connectivity index (χ1) is 7.20. The highest BCUT2D eigenvalue weighted by molar-refractivity contribution is 5.43. The van der Waals surface area contributed by atoms with Crippen LogP contribution < -0.4 is 4.90 Å². The van der Waals surface area contributed by atoms with Gasteiger partial charge in [-0.15, -0.1) is 0 Å². The maximum Gasteiger partial charge on any atom is 0.0752 e. The number of rotatable bonds is 3. The van der Waals surface area contributed by atoms with Gasteiger partial charge < -0.3 is 10.0 Å². The van der Waals surface area contributed by atoms with Crippen molar-refractivity contribution in [2.75, 3.05) is 24.6 Å². The third kappa shape index (κ3) is 2.15. The van der Waals surface area contributed by atoms with Crippen molar-refractivity contribution < 1.29 is 5.11 Å². The zero-order chi connectivity index (χ0) is 10.8. The van der Waals surface area contributed by atoms with Gasteiger partial charge in [0, 0.05) is 37.9 Å². The lowest BCUT2D eigenvalue weighted by molar-refractivity contribution is 0.238. The van der Waals surface area contributed by atoms with E-state index >= 15 is 0 Å². The van der Waals surface area contributed by atoms with Crippen molar-refractivity contribution >= 4 is 5.69 Å². The van der Waals surface area contributed by atoms with Crippen molar-refractivity contribution in [3.05, 3.63) is 12.4 Å². The number of aliphatic hydroxyl groups excluding tert-OH is 1. The molecule has 0 radical (unpaired) electrons. The van der Waals surface area contributed by atoms with Gasteiger partial charge in [0.1, 0.15) is 0 Å². The Balaban J connectivity index is 2.04. The molecule has 2 rings (SSSR count). The fourth-order valence-electron chi connectivity index (χ4n) is 1.99. The summed E-state index contributed by atoms with van der Waals surface area (Å²) in [4.78, 5) is 2.30. The fraction of sp³-hybridized carbons (Fsp3) is 0.727. The quantitative estimate of drug-likeness (QED) is 0.815. The summed E-state index contributed by atoms with van der Waals surface area (Å²) in [6.45, 7) is 6.54. The van der Waals surface area contributed by atoms with Crippen LogP contribution in [0, 0.1) is 5.92 Å². The summed E-state index contributed by atoms with van der Waals surface area (Å²) in [5.41, 5.74) is 1.18. The molecule has 0 spiro atoms. The van der Waals surface area contributed by atoms with Crippen LogP contribution in [-0.2, 0) is 0 Å². The standard InChI is InChI=1S/C11H19N3O/c1-9(2)14-7-11(5-12-14)13-4-3-10(6-13)8-15/h5,7,9-10,15H,3-4,6,8H2,1-2H3. The van der Waals surface area contributed by atoms with E-state index < -0.39 is 0 Å². The van der Waals surface area contributed by atoms with Gasteiger partial charge in [-0.05, 0) is 20.3 Å². The molecule has 1 aromatic heterocycles. The average molecular weight is 209 g/mol. The topological polar surface area (TPSA) is 41.3 Å². The van der Waals surface area contributed by atoms with Gasteiger partial charge in [-0.3, -0.25) is 4.68 Å². The Hall–Kier alpha value is -1.03. The van der Waals surface area contributed by atoms with Crippen LogP contribution in [0.1, 0.15) is 26.3 Å². The molecular formula is C11H19N3O. The van der Waals surface area contributed by atoms with E-state index in [1.165, 1.54) is 5.69 Å². The summed E-state index contributed by atoms with van der Waals surface area (Å²) in [6.07, 6.45) is 5.09. The third-order valence-electron chi connectivity index (χ3n) is 3.03. The molecule has 0 saturated carbocycles. The first-order valence-electron chi connectivity index (χ1n) is 5.60. The van der Waals surface area contributed by atoms with E-state index in [2.05, 4.69) is 30.0 Å². The van der Waals surface area contributed by atoms with Crippen LogP contribution >= 0.6 is 0 Å². The molecule has 1 atom stereocenters. The lowest BCUT2D eigenvalue weighted by Gasteiger charge is -2.15. The SMILES string of the molecule is CC(C)n1cc(N2CCC(CO)C2)cn1. The Morgan fingerprint density at radius 1 is 1.60 bits per heavy atom. The van der Waals surface area contributed by atoms with Crippen LogP contribution in [0.3, 0.4) is 0 Å². The molecule has 0 amide bonds. The molecule has 4 nitrogen and oxygen atoms in total. The second-order valence-corrected chi connectivity index (χ2v) is 4.56. The number of hydrogen-bond donors (Lipinski definition) is 1. The number of nitrogens with zero attached hydrogens (tertiary/aromatic N) is 3. The number of aliphatic hydroxyl groups is 1. The van der Waals surface area contributed by atoms with E-state index in [-0.39, 0.29) is 0 Å². The minimum atomic E-state index is 0.300. The van der Waals surface area contributed by atoms with Gasteiger partial charge in [-0.1, -0.05) is 0 Å². The summed E-state index contributed by atoms with van der Waals surface area (Å²) in [6, 6.07) is 0.412. The van der Waals surface area contributed by atoms with E-state index in [4.69, 9.17) is 5.11 Å². The monoisotopic (exact) mass is 209 g/mol. The Bertz CT molecular complexity index is 321. The summed E-state index contributed by atoms with van der Waals surface area (Å²) >= 11 is 0. The second kappa shape index (κ2) is 4.23. The summed E-state index contributed by atoms with van der Waals surface area (Å²) < 4.78 is 1.97. The van der Waals surface area contributed by atoms with Crippen molar-refractivity contribution in [1.29, 1.82) is 0 Å². The Labute approximate surface area is 90.5 Å². The van der Waals surface area contributed by atoms with Crippen molar-refractivity contribution in [2.24, 2.45) is 5.92 Å². The highest BCUT2D eigenvalue weighted by Crippen LogP contribution is 2.23. The van der Waals surface area contributed by atoms with Gasteiger partial charge in [-0.25, -0.2) is 0 Å². The number of aromatic nitrogens is 2. The van der Waals surface area contributed by atoms with Crippen molar-refractivity contribution in [2.45, 2.75) is 26.3 Å². The lowest BCUT2D eigenvalue weighted by Crippen LogP contribution is -2.20. The summed E-state index contributed by atoms with van der Waals surface area (Å²) in [5.74, 6) is 0.437. The van der Waals surface area contributed by atoms with E-state index in [1.807, 2.05) is 10.9 Å². The zero-order valence-corrected chi connectivity index (χ0v) is 9.43. The van der Waals surface area contributed by atoms with Crippen molar-refractivity contribution in [3.8, 4) is 0 Å². The van der Waals surface area contributed by atoms with E-state index in [1.54, 1.807) is 0 Å². The second-order valence-electron chi connectivity index (χ2n) is 4.56. The maximum atomic E-state index is 9.08. The molecule has 1 fully saturated rings. The van der Waals surface area contributed by atoms with Gasteiger partial charge in [0.05, 0.1) is 11.9 Å². The molecule has 15 heavy (non-hydrogen) atoms. The minimum absolute atomic E-state index is 0.300. The van der Waals surface area contributed by atoms with Crippen molar-refractivity contribution in [1.82, 2.24) is 9.78 Å². The molecule has 4 heteroatoms. The van der Waals surface area contributed by atoms with Gasteiger partial charge in [0.15, 0.2) is 0 Å².